The van der Waals surface area contributed by atoms with Gasteiger partial charge in [0.15, 0.2) is 6.19 Å². The highest BCUT2D eigenvalue weighted by atomic mass is 15.1. The molecule has 0 aliphatic heterocycles. The molecule has 0 fully saturated rings. The zero-order chi connectivity index (χ0) is 12.7. The van der Waals surface area contributed by atoms with Crippen LogP contribution >= 0.6 is 0 Å². The second-order valence-corrected chi connectivity index (χ2v) is 4.79. The van der Waals surface area contributed by atoms with Gasteiger partial charge < -0.3 is 10.2 Å². The molecule has 0 aromatic heterocycles. The third kappa shape index (κ3) is 4.88. The standard InChI is InChI=1S/C14H21N3/c1-12(2)14(16-11-15)10-17(3)9-13-7-5-4-6-8-13/h4-8,12,14,16H,9-10H2,1-3H3. The fourth-order valence-electron chi connectivity index (χ4n) is 1.80. The van der Waals surface area contributed by atoms with Crippen LogP contribution in [0, 0.1) is 17.4 Å². The van der Waals surface area contributed by atoms with Gasteiger partial charge in [0, 0.05) is 13.1 Å². The number of nitrogens with one attached hydrogen (secondary N) is 1. The predicted molar refractivity (Wildman–Crippen MR) is 70.2 cm³/mol. The first kappa shape index (κ1) is 13.5. The average molecular weight is 231 g/mol. The fourth-order valence-corrected chi connectivity index (χ4v) is 1.80. The van der Waals surface area contributed by atoms with Gasteiger partial charge in [-0.3, -0.25) is 0 Å². The summed E-state index contributed by atoms with van der Waals surface area (Å²) in [4.78, 5) is 2.24. The van der Waals surface area contributed by atoms with Crippen LogP contribution in [0.5, 0.6) is 0 Å². The van der Waals surface area contributed by atoms with Gasteiger partial charge in [0.1, 0.15) is 0 Å². The molecule has 1 rings (SSSR count). The Kier molecular flexibility index (Phi) is 5.51. The number of nitriles is 1. The molecule has 0 spiro atoms. The van der Waals surface area contributed by atoms with Crippen molar-refractivity contribution in [1.29, 1.82) is 5.26 Å². The lowest BCUT2D eigenvalue weighted by Crippen LogP contribution is -2.40. The topological polar surface area (TPSA) is 39.1 Å². The Morgan fingerprint density at radius 1 is 1.29 bits per heavy atom. The minimum atomic E-state index is 0.216. The van der Waals surface area contributed by atoms with Crippen molar-refractivity contribution in [1.82, 2.24) is 10.2 Å². The Morgan fingerprint density at radius 2 is 1.94 bits per heavy atom. The summed E-state index contributed by atoms with van der Waals surface area (Å²) in [5.41, 5.74) is 1.30. The van der Waals surface area contributed by atoms with Crippen molar-refractivity contribution >= 4 is 0 Å². The molecule has 1 aromatic rings. The number of hydrogen-bond acceptors (Lipinski definition) is 3. The van der Waals surface area contributed by atoms with Gasteiger partial charge in [0.05, 0.1) is 6.04 Å². The third-order valence-electron chi connectivity index (χ3n) is 2.86. The van der Waals surface area contributed by atoms with E-state index in [1.807, 2.05) is 12.3 Å². The molecule has 0 amide bonds. The van der Waals surface area contributed by atoms with E-state index in [0.717, 1.165) is 13.1 Å². The van der Waals surface area contributed by atoms with Crippen LogP contribution in [0.1, 0.15) is 19.4 Å². The first-order chi connectivity index (χ1) is 8.13. The maximum Gasteiger partial charge on any atom is 0.176 e. The SMILES string of the molecule is CC(C)C(CN(C)Cc1ccccc1)NC#N. The molecule has 0 saturated carbocycles. The van der Waals surface area contributed by atoms with E-state index in [0.29, 0.717) is 5.92 Å². The van der Waals surface area contributed by atoms with Crippen LogP contribution in [0.4, 0.5) is 0 Å². The number of nitrogens with zero attached hydrogens (tertiary/aromatic N) is 2. The molecule has 1 atom stereocenters. The van der Waals surface area contributed by atoms with Crippen molar-refractivity contribution in [3.05, 3.63) is 35.9 Å². The molecule has 1 aromatic carbocycles. The highest BCUT2D eigenvalue weighted by Gasteiger charge is 2.14. The van der Waals surface area contributed by atoms with Crippen molar-refractivity contribution in [2.24, 2.45) is 5.92 Å². The smallest absolute Gasteiger partial charge is 0.176 e. The van der Waals surface area contributed by atoms with Crippen LogP contribution in [0.3, 0.4) is 0 Å². The Morgan fingerprint density at radius 3 is 2.47 bits per heavy atom. The lowest BCUT2D eigenvalue weighted by molar-refractivity contribution is 0.262. The Balaban J connectivity index is 2.48. The molecule has 1 unspecified atom stereocenters. The summed E-state index contributed by atoms with van der Waals surface area (Å²) in [6.07, 6.45) is 2.04. The Hall–Kier alpha value is -1.53. The van der Waals surface area contributed by atoms with E-state index in [1.54, 1.807) is 0 Å². The molecule has 3 nitrogen and oxygen atoms in total. The van der Waals surface area contributed by atoms with Crippen molar-refractivity contribution in [2.45, 2.75) is 26.4 Å². The van der Waals surface area contributed by atoms with Gasteiger partial charge >= 0.3 is 0 Å². The van der Waals surface area contributed by atoms with Crippen molar-refractivity contribution in [2.75, 3.05) is 13.6 Å². The minimum Gasteiger partial charge on any atom is -0.319 e. The molecule has 0 heterocycles. The van der Waals surface area contributed by atoms with E-state index in [9.17, 15) is 0 Å². The van der Waals surface area contributed by atoms with Crippen LogP contribution < -0.4 is 5.32 Å². The van der Waals surface area contributed by atoms with Crippen LogP contribution in [0.2, 0.25) is 0 Å². The molecule has 0 radical (unpaired) electrons. The molecule has 92 valence electrons. The van der Waals surface area contributed by atoms with Crippen LogP contribution in [0.15, 0.2) is 30.3 Å². The van der Waals surface area contributed by atoms with Crippen molar-refractivity contribution in [3.8, 4) is 6.19 Å². The number of rotatable bonds is 6. The van der Waals surface area contributed by atoms with E-state index in [2.05, 4.69) is 55.4 Å². The van der Waals surface area contributed by atoms with Crippen molar-refractivity contribution in [3.63, 3.8) is 0 Å². The van der Waals surface area contributed by atoms with Gasteiger partial charge in [-0.25, -0.2) is 0 Å². The highest BCUT2D eigenvalue weighted by Crippen LogP contribution is 2.07. The summed E-state index contributed by atoms with van der Waals surface area (Å²) in [6.45, 7) is 6.05. The van der Waals surface area contributed by atoms with E-state index in [-0.39, 0.29) is 6.04 Å². The van der Waals surface area contributed by atoms with E-state index < -0.39 is 0 Å². The highest BCUT2D eigenvalue weighted by molar-refractivity contribution is 5.14. The number of benzene rings is 1. The molecular formula is C14H21N3. The summed E-state index contributed by atoms with van der Waals surface area (Å²) in [6, 6.07) is 10.6. The first-order valence-corrected chi connectivity index (χ1v) is 6.00. The van der Waals surface area contributed by atoms with E-state index >= 15 is 0 Å². The quantitative estimate of drug-likeness (QED) is 0.602. The van der Waals surface area contributed by atoms with Gasteiger partial charge in [-0.15, -0.1) is 0 Å². The summed E-state index contributed by atoms with van der Waals surface area (Å²) in [7, 11) is 2.08. The maximum atomic E-state index is 8.71. The van der Waals surface area contributed by atoms with Crippen LogP contribution in [0.25, 0.3) is 0 Å². The molecule has 0 bridgehead atoms. The lowest BCUT2D eigenvalue weighted by atomic mass is 10.0. The summed E-state index contributed by atoms with van der Waals surface area (Å²) >= 11 is 0. The van der Waals surface area contributed by atoms with Crippen LogP contribution in [-0.2, 0) is 6.54 Å². The Labute approximate surface area is 104 Å². The first-order valence-electron chi connectivity index (χ1n) is 6.00. The molecule has 0 aliphatic rings. The zero-order valence-electron chi connectivity index (χ0n) is 10.9. The van der Waals surface area contributed by atoms with Gasteiger partial charge in [-0.05, 0) is 18.5 Å². The van der Waals surface area contributed by atoms with Crippen LogP contribution in [-0.4, -0.2) is 24.5 Å². The number of hydrogen-bond donors (Lipinski definition) is 1. The minimum absolute atomic E-state index is 0.216. The fraction of sp³-hybridized carbons (Fsp3) is 0.500. The van der Waals surface area contributed by atoms with Crippen molar-refractivity contribution < 1.29 is 0 Å². The molecule has 1 N–H and O–H groups in total. The number of likely N-dealkylation sites (N-methyl/N-ethyl adjacent to an activating group) is 1. The van der Waals surface area contributed by atoms with Gasteiger partial charge in [-0.1, -0.05) is 44.2 Å². The van der Waals surface area contributed by atoms with Gasteiger partial charge in [-0.2, -0.15) is 5.26 Å². The Bertz CT molecular complexity index is 353. The maximum absolute atomic E-state index is 8.71. The van der Waals surface area contributed by atoms with Gasteiger partial charge in [0.2, 0.25) is 0 Å². The average Bonchev–Trinajstić information content (AvgIpc) is 2.29. The zero-order valence-corrected chi connectivity index (χ0v) is 10.9. The summed E-state index contributed by atoms with van der Waals surface area (Å²) in [5.74, 6) is 0.452. The molecule has 0 aliphatic carbocycles. The molecule has 17 heavy (non-hydrogen) atoms. The van der Waals surface area contributed by atoms with Gasteiger partial charge in [0.25, 0.3) is 0 Å². The molecular weight excluding hydrogens is 210 g/mol. The third-order valence-corrected chi connectivity index (χ3v) is 2.86. The summed E-state index contributed by atoms with van der Waals surface area (Å²) in [5, 5.41) is 11.6. The monoisotopic (exact) mass is 231 g/mol. The molecule has 3 heteroatoms. The van der Waals surface area contributed by atoms with E-state index in [4.69, 9.17) is 5.26 Å². The summed E-state index contributed by atoms with van der Waals surface area (Å²) < 4.78 is 0. The molecule has 0 saturated heterocycles. The largest absolute Gasteiger partial charge is 0.319 e. The second kappa shape index (κ2) is 6.93. The lowest BCUT2D eigenvalue weighted by Gasteiger charge is -2.25. The van der Waals surface area contributed by atoms with E-state index in [1.165, 1.54) is 5.56 Å². The normalized spacial score (nSPS) is 12.5. The second-order valence-electron chi connectivity index (χ2n) is 4.79. The predicted octanol–water partition coefficient (Wildman–Crippen LogP) is 2.21.